The van der Waals surface area contributed by atoms with Gasteiger partial charge in [0.2, 0.25) is 5.91 Å². The molecule has 1 amide bonds. The molecule has 1 heterocycles. The Labute approximate surface area is 439 Å². The number of aliphatic hydroxyl groups excluding tert-OH is 5. The van der Waals surface area contributed by atoms with E-state index in [0.29, 0.717) is 12.8 Å². The van der Waals surface area contributed by atoms with Crippen molar-refractivity contribution < 1.29 is 49.3 Å². The quantitative estimate of drug-likeness (QED) is 0.0149. The number of nitrogens with one attached hydrogen (secondary N) is 1. The van der Waals surface area contributed by atoms with Crippen LogP contribution >= 0.6 is 0 Å². The summed E-state index contributed by atoms with van der Waals surface area (Å²) in [4.78, 5) is 26.5. The molecule has 1 rings (SSSR count). The summed E-state index contributed by atoms with van der Waals surface area (Å²) >= 11 is 0. The fourth-order valence-corrected chi connectivity index (χ4v) is 9.00. The van der Waals surface area contributed by atoms with Gasteiger partial charge in [-0.05, 0) is 70.6 Å². The SMILES string of the molecule is CC/C=C/C=C/C=C/CCCCCCCCCC(=O)OC1C(OCC(NC(=O)C(O)CCCCCCCC/C=C/CCCCCCCC)C(O)/C=C/CCCCCCCCCCCC)OC(CO)C(O)C1O. The maximum Gasteiger partial charge on any atom is 0.306 e. The predicted octanol–water partition coefficient (Wildman–Crippen LogP) is 13.4. The van der Waals surface area contributed by atoms with Crippen molar-refractivity contribution >= 4 is 11.9 Å². The van der Waals surface area contributed by atoms with Crippen LogP contribution in [-0.2, 0) is 23.8 Å². The smallest absolute Gasteiger partial charge is 0.306 e. The Bertz CT molecular complexity index is 1400. The number of hydrogen-bond donors (Lipinski definition) is 6. The summed E-state index contributed by atoms with van der Waals surface area (Å²) in [5.74, 6) is -1.21. The molecule has 0 bridgehead atoms. The maximum absolute atomic E-state index is 13.4. The second-order valence-electron chi connectivity index (χ2n) is 20.4. The van der Waals surface area contributed by atoms with Crippen molar-refractivity contribution in [3.8, 4) is 0 Å². The summed E-state index contributed by atoms with van der Waals surface area (Å²) in [6.07, 6.45) is 49.7. The van der Waals surface area contributed by atoms with Crippen LogP contribution in [0.15, 0.2) is 60.8 Å². The molecule has 0 spiro atoms. The lowest BCUT2D eigenvalue weighted by Gasteiger charge is -2.41. The number of unbranched alkanes of at least 4 members (excludes halogenated alkanes) is 29. The molecule has 6 N–H and O–H groups in total. The lowest BCUT2D eigenvalue weighted by Crippen LogP contribution is -2.61. The monoisotopic (exact) mass is 1020 g/mol. The van der Waals surface area contributed by atoms with Crippen LogP contribution in [-0.4, -0.2) is 99.6 Å². The van der Waals surface area contributed by atoms with Gasteiger partial charge in [-0.25, -0.2) is 0 Å². The summed E-state index contributed by atoms with van der Waals surface area (Å²) < 4.78 is 17.6. The molecule has 11 nitrogen and oxygen atoms in total. The number of rotatable bonds is 49. The zero-order chi connectivity index (χ0) is 52.5. The van der Waals surface area contributed by atoms with Gasteiger partial charge in [-0.2, -0.15) is 0 Å². The number of ether oxygens (including phenoxy) is 3. The van der Waals surface area contributed by atoms with Gasteiger partial charge in [0.05, 0.1) is 25.4 Å². The number of hydrogen-bond acceptors (Lipinski definition) is 10. The van der Waals surface area contributed by atoms with Gasteiger partial charge < -0.3 is 45.1 Å². The van der Waals surface area contributed by atoms with Gasteiger partial charge in [-0.1, -0.05) is 236 Å². The number of carbonyl (C=O) groups excluding carboxylic acids is 2. The Hall–Kier alpha value is -2.64. The number of esters is 1. The first-order valence-corrected chi connectivity index (χ1v) is 29.6. The zero-order valence-electron chi connectivity index (χ0n) is 46.0. The molecule has 72 heavy (non-hydrogen) atoms. The molecule has 418 valence electrons. The summed E-state index contributed by atoms with van der Waals surface area (Å²) in [7, 11) is 0. The van der Waals surface area contributed by atoms with E-state index in [2.05, 4.69) is 68.6 Å². The van der Waals surface area contributed by atoms with Gasteiger partial charge in [0.1, 0.15) is 24.4 Å². The Balaban J connectivity index is 2.72. The second kappa shape index (κ2) is 49.2. The molecule has 8 unspecified atom stereocenters. The first kappa shape index (κ1) is 67.4. The predicted molar refractivity (Wildman–Crippen MR) is 296 cm³/mol. The van der Waals surface area contributed by atoms with Crippen molar-refractivity contribution in [2.45, 2.75) is 301 Å². The van der Waals surface area contributed by atoms with Crippen molar-refractivity contribution in [1.29, 1.82) is 0 Å². The maximum atomic E-state index is 13.4. The number of amides is 1. The van der Waals surface area contributed by atoms with Crippen LogP contribution in [0.5, 0.6) is 0 Å². The highest BCUT2D eigenvalue weighted by Gasteiger charge is 2.47. The van der Waals surface area contributed by atoms with Crippen LogP contribution in [0.1, 0.15) is 252 Å². The second-order valence-corrected chi connectivity index (χ2v) is 20.4. The minimum absolute atomic E-state index is 0.108. The third-order valence-electron chi connectivity index (χ3n) is 13.7. The molecule has 0 aromatic carbocycles. The zero-order valence-corrected chi connectivity index (χ0v) is 46.0. The summed E-state index contributed by atoms with van der Waals surface area (Å²) in [6, 6.07) is -1.03. The third-order valence-corrected chi connectivity index (χ3v) is 13.7. The minimum Gasteiger partial charge on any atom is -0.454 e. The Morgan fingerprint density at radius 3 is 1.53 bits per heavy atom. The van der Waals surface area contributed by atoms with Gasteiger partial charge in [-0.15, -0.1) is 0 Å². The summed E-state index contributed by atoms with van der Waals surface area (Å²) in [5.41, 5.74) is 0. The van der Waals surface area contributed by atoms with Gasteiger partial charge >= 0.3 is 5.97 Å². The fourth-order valence-electron chi connectivity index (χ4n) is 9.00. The molecule has 0 saturated carbocycles. The Morgan fingerprint density at radius 1 is 0.556 bits per heavy atom. The number of aliphatic hydroxyl groups is 5. The van der Waals surface area contributed by atoms with Crippen LogP contribution in [0.25, 0.3) is 0 Å². The Morgan fingerprint density at radius 2 is 1.01 bits per heavy atom. The van der Waals surface area contributed by atoms with Crippen LogP contribution in [0.3, 0.4) is 0 Å². The molecule has 1 aliphatic rings. The molecule has 8 atom stereocenters. The normalized spacial score (nSPS) is 19.9. The van der Waals surface area contributed by atoms with E-state index in [0.717, 1.165) is 103 Å². The molecular formula is C61H109NO10. The van der Waals surface area contributed by atoms with Crippen molar-refractivity contribution in [1.82, 2.24) is 5.32 Å². The van der Waals surface area contributed by atoms with Crippen LogP contribution in [0.2, 0.25) is 0 Å². The average Bonchev–Trinajstić information content (AvgIpc) is 3.38. The highest BCUT2D eigenvalue weighted by molar-refractivity contribution is 5.80. The molecule has 1 saturated heterocycles. The van der Waals surface area contributed by atoms with E-state index in [4.69, 9.17) is 14.2 Å². The van der Waals surface area contributed by atoms with E-state index in [1.54, 1.807) is 6.08 Å². The largest absolute Gasteiger partial charge is 0.454 e. The third kappa shape index (κ3) is 37.1. The van der Waals surface area contributed by atoms with Crippen molar-refractivity contribution in [2.75, 3.05) is 13.2 Å². The van der Waals surface area contributed by atoms with Crippen LogP contribution in [0, 0.1) is 0 Å². The number of allylic oxidation sites excluding steroid dienone is 9. The van der Waals surface area contributed by atoms with Gasteiger partial charge in [0.15, 0.2) is 12.4 Å². The van der Waals surface area contributed by atoms with Crippen molar-refractivity contribution in [2.24, 2.45) is 0 Å². The van der Waals surface area contributed by atoms with Gasteiger partial charge in [-0.3, -0.25) is 9.59 Å². The molecule has 11 heteroatoms. The standard InChI is InChI=1S/C61H109NO10/c1-4-7-10-13-16-19-22-25-27-29-30-33-36-39-42-45-48-54(65)60(69)62-52(53(64)47-44-41-38-35-32-24-21-18-15-12-9-6-3)51-70-61-59(58(68)57(67)55(50-63)71-61)72-56(66)49-46-43-40-37-34-31-28-26-23-20-17-14-11-8-5-2/h8,11,14,17,20,23,25,27,44,47,52-55,57-59,61,63-65,67-68H,4-7,9-10,12-13,15-16,18-19,21-22,24,26,28-43,45-46,48-51H2,1-3H3,(H,62,69)/b11-8+,17-14+,23-20+,27-25+,47-44+. The lowest BCUT2D eigenvalue weighted by molar-refractivity contribution is -0.305. The first-order chi connectivity index (χ1) is 35.2. The molecule has 0 aliphatic carbocycles. The van der Waals surface area contributed by atoms with Gasteiger partial charge in [0, 0.05) is 6.42 Å². The Kier molecular flexibility index (Phi) is 46.1. The minimum atomic E-state index is -1.62. The summed E-state index contributed by atoms with van der Waals surface area (Å²) in [6.45, 7) is 5.64. The van der Waals surface area contributed by atoms with E-state index in [9.17, 15) is 35.1 Å². The van der Waals surface area contributed by atoms with E-state index in [1.807, 2.05) is 12.2 Å². The topological polar surface area (TPSA) is 175 Å². The molecule has 0 aromatic heterocycles. The molecule has 0 aromatic rings. The fraction of sp³-hybridized carbons (Fsp3) is 0.803. The van der Waals surface area contributed by atoms with E-state index in [-0.39, 0.29) is 19.4 Å². The molecular weight excluding hydrogens is 907 g/mol. The summed E-state index contributed by atoms with van der Waals surface area (Å²) in [5, 5.41) is 56.9. The van der Waals surface area contributed by atoms with Gasteiger partial charge in [0.25, 0.3) is 0 Å². The van der Waals surface area contributed by atoms with Crippen LogP contribution < -0.4 is 5.32 Å². The number of carbonyl (C=O) groups is 2. The molecule has 1 aliphatic heterocycles. The van der Waals surface area contributed by atoms with Crippen molar-refractivity contribution in [3.63, 3.8) is 0 Å². The first-order valence-electron chi connectivity index (χ1n) is 29.6. The molecule has 0 radical (unpaired) electrons. The lowest BCUT2D eigenvalue weighted by atomic mass is 9.99. The van der Waals surface area contributed by atoms with Crippen molar-refractivity contribution in [3.05, 3.63) is 60.8 Å². The van der Waals surface area contributed by atoms with Crippen LogP contribution in [0.4, 0.5) is 0 Å². The van der Waals surface area contributed by atoms with E-state index < -0.39 is 67.4 Å². The molecule has 1 fully saturated rings. The average molecular weight is 1020 g/mol. The van der Waals surface area contributed by atoms with E-state index >= 15 is 0 Å². The highest BCUT2D eigenvalue weighted by Crippen LogP contribution is 2.26. The van der Waals surface area contributed by atoms with E-state index in [1.165, 1.54) is 103 Å². The highest BCUT2D eigenvalue weighted by atomic mass is 16.7.